The maximum Gasteiger partial charge on any atom is 0.133 e. The van der Waals surface area contributed by atoms with E-state index in [1.807, 2.05) is 24.3 Å². The van der Waals surface area contributed by atoms with E-state index < -0.39 is 0 Å². The summed E-state index contributed by atoms with van der Waals surface area (Å²) in [7, 11) is 1.64. The van der Waals surface area contributed by atoms with Crippen LogP contribution in [-0.2, 0) is 0 Å². The molecule has 3 aromatic rings. The first-order valence-corrected chi connectivity index (χ1v) is 10.8. The van der Waals surface area contributed by atoms with Crippen LogP contribution in [0.2, 0.25) is 5.02 Å². The first-order chi connectivity index (χ1) is 14.4. The average molecular weight is 486 g/mol. The first-order valence-electron chi connectivity index (χ1n) is 9.66. The number of ether oxygens (including phenoxy) is 1. The molecule has 0 saturated heterocycles. The summed E-state index contributed by atoms with van der Waals surface area (Å²) < 4.78 is 6.22. The molecule has 154 valence electrons. The molecule has 2 N–H and O–H groups in total. The molecule has 0 radical (unpaired) electrons. The van der Waals surface area contributed by atoms with E-state index in [9.17, 15) is 5.11 Å². The van der Waals surface area contributed by atoms with Crippen LogP contribution in [0.5, 0.6) is 11.5 Å². The summed E-state index contributed by atoms with van der Waals surface area (Å²) in [6.07, 6.45) is 0.366. The number of nitrogens with zero attached hydrogens (tertiary/aromatic N) is 1. The smallest absolute Gasteiger partial charge is 0.133 e. The molecule has 0 fully saturated rings. The third-order valence-electron chi connectivity index (χ3n) is 5.28. The largest absolute Gasteiger partial charge is 0.508 e. The van der Waals surface area contributed by atoms with Crippen LogP contribution in [0.25, 0.3) is 0 Å². The second-order valence-electron chi connectivity index (χ2n) is 7.36. The van der Waals surface area contributed by atoms with Gasteiger partial charge in [0.2, 0.25) is 0 Å². The van der Waals surface area contributed by atoms with E-state index in [-0.39, 0.29) is 18.0 Å². The van der Waals surface area contributed by atoms with Crippen LogP contribution in [-0.4, -0.2) is 17.9 Å². The molecule has 0 bridgehead atoms. The highest BCUT2D eigenvalue weighted by molar-refractivity contribution is 9.10. The number of rotatable bonds is 4. The molecule has 4 rings (SSSR count). The number of hydrogen-bond acceptors (Lipinski definition) is 4. The Balaban J connectivity index is 1.77. The van der Waals surface area contributed by atoms with Crippen LogP contribution in [0.1, 0.15) is 40.9 Å². The zero-order valence-electron chi connectivity index (χ0n) is 16.7. The molecule has 0 aliphatic carbocycles. The molecular weight excluding hydrogens is 464 g/mol. The molecule has 0 amide bonds. The average Bonchev–Trinajstić information content (AvgIpc) is 2.75. The Bertz CT molecular complexity index is 1100. The fourth-order valence-electron chi connectivity index (χ4n) is 3.65. The number of phenols is 1. The second-order valence-corrected chi connectivity index (χ2v) is 8.66. The molecule has 6 heteroatoms. The van der Waals surface area contributed by atoms with Gasteiger partial charge in [0.15, 0.2) is 0 Å². The fraction of sp³-hybridized carbons (Fsp3) is 0.208. The summed E-state index contributed by atoms with van der Waals surface area (Å²) in [5.74, 6) is 0.984. The maximum atomic E-state index is 10.5. The SMILES string of the molecule is COc1ccc([C@H]2N=C(c3ccc(C)cc3)C[C@H](c3cc(Cl)ccc3O)N2)cc1Br. The molecular formula is C24H22BrClN2O2. The predicted molar refractivity (Wildman–Crippen MR) is 125 cm³/mol. The number of aromatic hydroxyl groups is 1. The minimum Gasteiger partial charge on any atom is -0.508 e. The van der Waals surface area contributed by atoms with E-state index in [2.05, 4.69) is 52.4 Å². The number of hydrogen-bond donors (Lipinski definition) is 2. The van der Waals surface area contributed by atoms with Gasteiger partial charge in [0.1, 0.15) is 17.7 Å². The molecule has 0 aromatic heterocycles. The Kier molecular flexibility index (Phi) is 6.14. The van der Waals surface area contributed by atoms with Gasteiger partial charge in [0.05, 0.1) is 11.6 Å². The van der Waals surface area contributed by atoms with Crippen molar-refractivity contribution in [2.24, 2.45) is 4.99 Å². The van der Waals surface area contributed by atoms with Crippen LogP contribution in [0.15, 0.2) is 70.1 Å². The van der Waals surface area contributed by atoms with Crippen molar-refractivity contribution in [3.8, 4) is 11.5 Å². The van der Waals surface area contributed by atoms with E-state index in [1.165, 1.54) is 5.56 Å². The lowest BCUT2D eigenvalue weighted by Crippen LogP contribution is -2.33. The summed E-state index contributed by atoms with van der Waals surface area (Å²) in [6.45, 7) is 2.07. The Morgan fingerprint density at radius 3 is 2.57 bits per heavy atom. The van der Waals surface area contributed by atoms with Gasteiger partial charge in [0, 0.05) is 28.8 Å². The highest BCUT2D eigenvalue weighted by atomic mass is 79.9. The van der Waals surface area contributed by atoms with Gasteiger partial charge in [0.25, 0.3) is 0 Å². The third-order valence-corrected chi connectivity index (χ3v) is 6.14. The standard InChI is InChI=1S/C24H22BrClN2O2/c1-14-3-5-15(6-4-14)20-13-21(18-12-17(26)8-9-22(18)29)28-24(27-20)16-7-10-23(30-2)19(25)11-16/h3-12,21,24,28-29H,13H2,1-2H3/t21-,24+/m1/s1. The van der Waals surface area contributed by atoms with Crippen LogP contribution < -0.4 is 10.1 Å². The van der Waals surface area contributed by atoms with Crippen LogP contribution in [0.4, 0.5) is 0 Å². The lowest BCUT2D eigenvalue weighted by molar-refractivity contribution is 0.406. The third kappa shape index (κ3) is 4.38. The van der Waals surface area contributed by atoms with Crippen molar-refractivity contribution >= 4 is 33.2 Å². The highest BCUT2D eigenvalue weighted by Gasteiger charge is 2.28. The summed E-state index contributed by atoms with van der Waals surface area (Å²) in [4.78, 5) is 5.01. The lowest BCUT2D eigenvalue weighted by atomic mass is 9.93. The van der Waals surface area contributed by atoms with Crippen LogP contribution >= 0.6 is 27.5 Å². The van der Waals surface area contributed by atoms with Crippen molar-refractivity contribution in [1.82, 2.24) is 5.32 Å². The van der Waals surface area contributed by atoms with Gasteiger partial charge in [-0.2, -0.15) is 0 Å². The van der Waals surface area contributed by atoms with Crippen molar-refractivity contribution in [2.45, 2.75) is 25.6 Å². The monoisotopic (exact) mass is 484 g/mol. The van der Waals surface area contributed by atoms with E-state index in [1.54, 1.807) is 19.2 Å². The maximum absolute atomic E-state index is 10.5. The molecule has 30 heavy (non-hydrogen) atoms. The Morgan fingerprint density at radius 2 is 1.87 bits per heavy atom. The highest BCUT2D eigenvalue weighted by Crippen LogP contribution is 2.37. The number of phenolic OH excluding ortho intramolecular Hbond substituents is 1. The topological polar surface area (TPSA) is 53.9 Å². The normalized spacial score (nSPS) is 18.7. The van der Waals surface area contributed by atoms with E-state index in [0.29, 0.717) is 11.4 Å². The van der Waals surface area contributed by atoms with Crippen molar-refractivity contribution in [3.63, 3.8) is 0 Å². The quantitative estimate of drug-likeness (QED) is 0.453. The van der Waals surface area contributed by atoms with Gasteiger partial charge in [-0.15, -0.1) is 0 Å². The van der Waals surface area contributed by atoms with Crippen LogP contribution in [0, 0.1) is 6.92 Å². The fourth-order valence-corrected chi connectivity index (χ4v) is 4.39. The number of halogens is 2. The Labute approximate surface area is 189 Å². The Hall–Kier alpha value is -2.34. The number of aryl methyl sites for hydroxylation is 1. The summed E-state index contributed by atoms with van der Waals surface area (Å²) in [6, 6.07) is 19.3. The van der Waals surface area contributed by atoms with E-state index in [4.69, 9.17) is 21.3 Å². The minimum atomic E-state index is -0.277. The molecule has 1 aliphatic heterocycles. The summed E-state index contributed by atoms with van der Waals surface area (Å²) >= 11 is 9.79. The van der Waals surface area contributed by atoms with Crippen molar-refractivity contribution < 1.29 is 9.84 Å². The zero-order valence-corrected chi connectivity index (χ0v) is 19.0. The van der Waals surface area contributed by atoms with Gasteiger partial charge in [-0.05, 0) is 64.3 Å². The molecule has 3 aromatic carbocycles. The predicted octanol–water partition coefficient (Wildman–Crippen LogP) is 6.35. The second kappa shape index (κ2) is 8.80. The zero-order chi connectivity index (χ0) is 21.3. The number of nitrogens with one attached hydrogen (secondary N) is 1. The molecule has 0 spiro atoms. The minimum absolute atomic E-state index is 0.136. The molecule has 2 atom stereocenters. The van der Waals surface area contributed by atoms with Crippen molar-refractivity contribution in [2.75, 3.05) is 7.11 Å². The number of benzene rings is 3. The van der Waals surface area contributed by atoms with Gasteiger partial charge in [-0.3, -0.25) is 10.3 Å². The van der Waals surface area contributed by atoms with E-state index in [0.717, 1.165) is 32.6 Å². The van der Waals surface area contributed by atoms with Gasteiger partial charge >= 0.3 is 0 Å². The molecule has 1 aliphatic rings. The summed E-state index contributed by atoms with van der Waals surface area (Å²) in [5, 5.41) is 14.6. The summed E-state index contributed by atoms with van der Waals surface area (Å²) in [5.41, 5.74) is 5.02. The van der Waals surface area contributed by atoms with Gasteiger partial charge < -0.3 is 9.84 Å². The van der Waals surface area contributed by atoms with Crippen molar-refractivity contribution in [3.05, 3.63) is 92.4 Å². The number of methoxy groups -OCH3 is 1. The molecule has 4 nitrogen and oxygen atoms in total. The Morgan fingerprint density at radius 1 is 1.10 bits per heavy atom. The van der Waals surface area contributed by atoms with Crippen LogP contribution in [0.3, 0.4) is 0 Å². The molecule has 0 saturated carbocycles. The number of aliphatic imine (C=N–C) groups is 1. The first kappa shape index (κ1) is 20.9. The lowest BCUT2D eigenvalue weighted by Gasteiger charge is -2.31. The van der Waals surface area contributed by atoms with E-state index >= 15 is 0 Å². The van der Waals surface area contributed by atoms with Gasteiger partial charge in [-0.1, -0.05) is 47.5 Å². The molecule has 1 heterocycles. The molecule has 0 unspecified atom stereocenters. The van der Waals surface area contributed by atoms with Gasteiger partial charge in [-0.25, -0.2) is 0 Å². The van der Waals surface area contributed by atoms with Crippen molar-refractivity contribution in [1.29, 1.82) is 0 Å².